The molecule has 0 spiro atoms. The van der Waals surface area contributed by atoms with E-state index in [4.69, 9.17) is 0 Å². The molecule has 1 amide bonds. The molecule has 0 saturated carbocycles. The summed E-state index contributed by atoms with van der Waals surface area (Å²) in [6, 6.07) is 6.92. The highest BCUT2D eigenvalue weighted by molar-refractivity contribution is 7.93. The Hall–Kier alpha value is -1.18. The molecule has 0 aliphatic carbocycles. The summed E-state index contributed by atoms with van der Waals surface area (Å²) in [4.78, 5) is 12.1. The van der Waals surface area contributed by atoms with Gasteiger partial charge in [0.15, 0.2) is 9.84 Å². The second-order valence-corrected chi connectivity index (χ2v) is 8.42. The normalized spacial score (nSPS) is 13.1. The third kappa shape index (κ3) is 3.28. The summed E-state index contributed by atoms with van der Waals surface area (Å²) < 4.78 is 25.7. The van der Waals surface area contributed by atoms with Crippen LogP contribution in [0.15, 0.2) is 39.2 Å². The van der Waals surface area contributed by atoms with Crippen molar-refractivity contribution in [1.29, 1.82) is 0 Å². The van der Waals surface area contributed by atoms with Gasteiger partial charge in [-0.05, 0) is 22.9 Å². The molecular formula is C13H15NO3S3. The molecular weight excluding hydrogens is 314 g/mol. The van der Waals surface area contributed by atoms with E-state index in [-0.39, 0.29) is 12.5 Å². The smallest absolute Gasteiger partial charge is 0.219 e. The third-order valence-electron chi connectivity index (χ3n) is 2.82. The number of rotatable bonds is 6. The van der Waals surface area contributed by atoms with Crippen molar-refractivity contribution < 1.29 is 13.2 Å². The summed E-state index contributed by atoms with van der Waals surface area (Å²) >= 11 is 2.59. The van der Waals surface area contributed by atoms with Crippen molar-refractivity contribution in [2.75, 3.05) is 6.54 Å². The molecule has 0 bridgehead atoms. The van der Waals surface area contributed by atoms with Gasteiger partial charge in [-0.15, -0.1) is 22.7 Å². The molecule has 0 aliphatic rings. The Morgan fingerprint density at radius 1 is 1.25 bits per heavy atom. The SMILES string of the molecule is CCC(=O)NCC(c1cccs1)S(=O)(=O)c1cccs1. The van der Waals surface area contributed by atoms with Crippen LogP contribution >= 0.6 is 22.7 Å². The summed E-state index contributed by atoms with van der Waals surface area (Å²) in [6.07, 6.45) is 0.343. The monoisotopic (exact) mass is 329 g/mol. The Kier molecular flexibility index (Phi) is 4.95. The Balaban J connectivity index is 2.30. The fourth-order valence-electron chi connectivity index (χ4n) is 1.73. The van der Waals surface area contributed by atoms with Crippen molar-refractivity contribution in [2.24, 2.45) is 0 Å². The first-order chi connectivity index (χ1) is 9.55. The van der Waals surface area contributed by atoms with Gasteiger partial charge in [0.1, 0.15) is 9.46 Å². The van der Waals surface area contributed by atoms with Crippen molar-refractivity contribution in [1.82, 2.24) is 5.32 Å². The van der Waals surface area contributed by atoms with Crippen LogP contribution in [0.25, 0.3) is 0 Å². The fraction of sp³-hybridized carbons (Fsp3) is 0.308. The summed E-state index contributed by atoms with van der Waals surface area (Å²) in [5, 5.41) is 5.54. The number of carbonyl (C=O) groups is 1. The molecule has 0 radical (unpaired) electrons. The average Bonchev–Trinajstić information content (AvgIpc) is 3.11. The summed E-state index contributed by atoms with van der Waals surface area (Å²) in [6.45, 7) is 1.84. The number of thiophene rings is 2. The van der Waals surface area contributed by atoms with Gasteiger partial charge >= 0.3 is 0 Å². The molecule has 1 N–H and O–H groups in total. The van der Waals surface area contributed by atoms with Gasteiger partial charge in [0.25, 0.3) is 0 Å². The maximum atomic E-state index is 12.7. The number of nitrogens with one attached hydrogen (secondary N) is 1. The van der Waals surface area contributed by atoms with Crippen molar-refractivity contribution in [3.63, 3.8) is 0 Å². The van der Waals surface area contributed by atoms with E-state index in [0.717, 1.165) is 4.88 Å². The second-order valence-electron chi connectivity index (χ2n) is 4.14. The first-order valence-electron chi connectivity index (χ1n) is 6.13. The van der Waals surface area contributed by atoms with Gasteiger partial charge in [0, 0.05) is 17.8 Å². The highest BCUT2D eigenvalue weighted by Gasteiger charge is 2.31. The fourth-order valence-corrected chi connectivity index (χ4v) is 5.72. The Morgan fingerprint density at radius 3 is 2.50 bits per heavy atom. The minimum absolute atomic E-state index is 0.105. The first kappa shape index (κ1) is 15.2. The van der Waals surface area contributed by atoms with E-state index in [0.29, 0.717) is 10.6 Å². The molecule has 2 aromatic rings. The molecule has 1 unspecified atom stereocenters. The lowest BCUT2D eigenvalue weighted by atomic mass is 10.3. The van der Waals surface area contributed by atoms with Gasteiger partial charge < -0.3 is 5.32 Å². The van der Waals surface area contributed by atoms with E-state index in [2.05, 4.69) is 5.32 Å². The lowest BCUT2D eigenvalue weighted by Crippen LogP contribution is -2.30. The highest BCUT2D eigenvalue weighted by Crippen LogP contribution is 2.33. The van der Waals surface area contributed by atoms with Crippen LogP contribution in [0.1, 0.15) is 23.5 Å². The van der Waals surface area contributed by atoms with Crippen LogP contribution in [-0.4, -0.2) is 20.9 Å². The molecule has 2 aromatic heterocycles. The summed E-state index contributed by atoms with van der Waals surface area (Å²) in [7, 11) is -3.47. The molecule has 0 saturated heterocycles. The second kappa shape index (κ2) is 6.51. The van der Waals surface area contributed by atoms with Crippen LogP contribution in [0.4, 0.5) is 0 Å². The molecule has 20 heavy (non-hydrogen) atoms. The zero-order valence-electron chi connectivity index (χ0n) is 10.9. The number of amides is 1. The molecule has 0 aliphatic heterocycles. The van der Waals surface area contributed by atoms with Gasteiger partial charge in [0.2, 0.25) is 5.91 Å². The predicted octanol–water partition coefficient (Wildman–Crippen LogP) is 2.85. The van der Waals surface area contributed by atoms with Crippen LogP contribution in [0.3, 0.4) is 0 Å². The van der Waals surface area contributed by atoms with E-state index in [9.17, 15) is 13.2 Å². The van der Waals surface area contributed by atoms with Crippen LogP contribution in [0.5, 0.6) is 0 Å². The van der Waals surface area contributed by atoms with Crippen molar-refractivity contribution >= 4 is 38.4 Å². The molecule has 1 atom stereocenters. The zero-order valence-corrected chi connectivity index (χ0v) is 13.4. The van der Waals surface area contributed by atoms with Crippen LogP contribution in [0, 0.1) is 0 Å². The van der Waals surface area contributed by atoms with Crippen LogP contribution < -0.4 is 5.32 Å². The molecule has 0 fully saturated rings. The molecule has 0 aromatic carbocycles. The zero-order chi connectivity index (χ0) is 14.6. The minimum Gasteiger partial charge on any atom is -0.354 e. The van der Waals surface area contributed by atoms with E-state index < -0.39 is 15.1 Å². The van der Waals surface area contributed by atoms with Crippen molar-refractivity contribution in [3.8, 4) is 0 Å². The number of carbonyl (C=O) groups excluding carboxylic acids is 1. The maximum absolute atomic E-state index is 12.7. The van der Waals surface area contributed by atoms with Gasteiger partial charge in [-0.3, -0.25) is 4.79 Å². The Bertz CT molecular complexity index is 645. The van der Waals surface area contributed by atoms with Crippen molar-refractivity contribution in [2.45, 2.75) is 22.8 Å². The summed E-state index contributed by atoms with van der Waals surface area (Å²) in [5.41, 5.74) is 0. The van der Waals surface area contributed by atoms with E-state index >= 15 is 0 Å². The Labute approximate surface area is 126 Å². The van der Waals surface area contributed by atoms with E-state index in [1.54, 1.807) is 30.5 Å². The molecule has 2 heterocycles. The minimum atomic E-state index is -3.47. The number of hydrogen-bond acceptors (Lipinski definition) is 5. The highest BCUT2D eigenvalue weighted by atomic mass is 32.2. The number of sulfone groups is 1. The maximum Gasteiger partial charge on any atom is 0.219 e. The van der Waals surface area contributed by atoms with Crippen LogP contribution in [-0.2, 0) is 14.6 Å². The largest absolute Gasteiger partial charge is 0.354 e. The van der Waals surface area contributed by atoms with E-state index in [1.165, 1.54) is 22.7 Å². The molecule has 2 rings (SSSR count). The molecule has 7 heteroatoms. The number of hydrogen-bond donors (Lipinski definition) is 1. The van der Waals surface area contributed by atoms with E-state index in [1.807, 2.05) is 11.4 Å². The summed E-state index contributed by atoms with van der Waals surface area (Å²) in [5.74, 6) is -0.145. The first-order valence-corrected chi connectivity index (χ1v) is 9.43. The van der Waals surface area contributed by atoms with Crippen molar-refractivity contribution in [3.05, 3.63) is 39.9 Å². The lowest BCUT2D eigenvalue weighted by Gasteiger charge is -2.16. The standard InChI is InChI=1S/C13H15NO3S3/c1-2-12(15)14-9-11(10-5-3-7-18-10)20(16,17)13-6-4-8-19-13/h3-8,11H,2,9H2,1H3,(H,14,15). The average molecular weight is 329 g/mol. The predicted molar refractivity (Wildman–Crippen MR) is 81.9 cm³/mol. The molecule has 4 nitrogen and oxygen atoms in total. The van der Waals surface area contributed by atoms with Gasteiger partial charge in [-0.1, -0.05) is 19.1 Å². The third-order valence-corrected chi connectivity index (χ3v) is 7.47. The van der Waals surface area contributed by atoms with Gasteiger partial charge in [0.05, 0.1) is 0 Å². The van der Waals surface area contributed by atoms with Gasteiger partial charge in [-0.25, -0.2) is 8.42 Å². The van der Waals surface area contributed by atoms with Crippen LogP contribution in [0.2, 0.25) is 0 Å². The topological polar surface area (TPSA) is 63.2 Å². The molecule has 108 valence electrons. The Morgan fingerprint density at radius 2 is 1.95 bits per heavy atom. The van der Waals surface area contributed by atoms with Gasteiger partial charge in [-0.2, -0.15) is 0 Å². The quantitative estimate of drug-likeness (QED) is 0.886. The lowest BCUT2D eigenvalue weighted by molar-refractivity contribution is -0.120.